The average molecular weight is 500 g/mol. The minimum absolute atomic E-state index is 0.128. The number of fused-ring (bicyclic) bond motifs is 1. The largest absolute Gasteiger partial charge is 0.506 e. The number of hydrogen-bond acceptors (Lipinski definition) is 5. The Labute approximate surface area is 184 Å². The molecule has 0 aliphatic carbocycles. The van der Waals surface area contributed by atoms with Crippen LogP contribution in [0.3, 0.4) is 0 Å². The van der Waals surface area contributed by atoms with Crippen molar-refractivity contribution in [3.8, 4) is 5.75 Å². The zero-order valence-corrected chi connectivity index (χ0v) is 17.6. The first kappa shape index (κ1) is 23.4. The van der Waals surface area contributed by atoms with Crippen molar-refractivity contribution in [3.63, 3.8) is 0 Å². The fraction of sp³-hybridized carbons (Fsp3) is 0.222. The highest BCUT2D eigenvalue weighted by Crippen LogP contribution is 2.49. The van der Waals surface area contributed by atoms with Gasteiger partial charge in [-0.1, -0.05) is 11.6 Å². The third-order valence-electron chi connectivity index (χ3n) is 4.33. The molecule has 1 aromatic carbocycles. The number of halogens is 6. The summed E-state index contributed by atoms with van der Waals surface area (Å²) in [5.41, 5.74) is 0.320. The minimum atomic E-state index is -5.76. The van der Waals surface area contributed by atoms with Crippen molar-refractivity contribution in [2.24, 2.45) is 0 Å². The maximum Gasteiger partial charge on any atom is 0.464 e. The van der Waals surface area contributed by atoms with Crippen LogP contribution in [0, 0.1) is 6.92 Å². The van der Waals surface area contributed by atoms with Crippen LogP contribution in [0.15, 0.2) is 27.8 Å². The van der Waals surface area contributed by atoms with Crippen molar-refractivity contribution < 1.29 is 41.8 Å². The number of aromatic nitrogens is 1. The SMILES string of the molecule is Cc1c(CC(=O)O)c2c(Cl)c(O)ccc2n1C(=O)c1csc(SC(F)(F)C(F)(F)F)c1. The normalized spacial score (nSPS) is 12.5. The molecule has 3 aromatic rings. The summed E-state index contributed by atoms with van der Waals surface area (Å²) in [7, 11) is 0. The second-order valence-electron chi connectivity index (χ2n) is 6.34. The minimum Gasteiger partial charge on any atom is -0.506 e. The molecule has 3 rings (SSSR count). The molecule has 0 spiro atoms. The number of phenols is 1. The zero-order chi connectivity index (χ0) is 23.3. The van der Waals surface area contributed by atoms with Gasteiger partial charge in [0.25, 0.3) is 5.91 Å². The van der Waals surface area contributed by atoms with Crippen molar-refractivity contribution >= 4 is 57.5 Å². The van der Waals surface area contributed by atoms with Crippen molar-refractivity contribution in [1.82, 2.24) is 4.57 Å². The number of thioether (sulfide) groups is 1. The van der Waals surface area contributed by atoms with E-state index in [1.807, 2.05) is 0 Å². The van der Waals surface area contributed by atoms with Gasteiger partial charge in [0.05, 0.1) is 26.7 Å². The number of carbonyl (C=O) groups is 2. The van der Waals surface area contributed by atoms with Crippen LogP contribution in [0.5, 0.6) is 5.75 Å². The van der Waals surface area contributed by atoms with Crippen molar-refractivity contribution in [3.05, 3.63) is 45.4 Å². The molecule has 0 unspecified atom stereocenters. The Bertz CT molecular complexity index is 1200. The van der Waals surface area contributed by atoms with Gasteiger partial charge in [-0.2, -0.15) is 22.0 Å². The third-order valence-corrected chi connectivity index (χ3v) is 6.78. The van der Waals surface area contributed by atoms with Gasteiger partial charge in [-0.25, -0.2) is 0 Å². The predicted octanol–water partition coefficient (Wildman–Crippen LogP) is 5.93. The molecule has 0 atom stereocenters. The first-order chi connectivity index (χ1) is 14.2. The van der Waals surface area contributed by atoms with E-state index >= 15 is 0 Å². The van der Waals surface area contributed by atoms with Crippen LogP contribution in [0.2, 0.25) is 5.02 Å². The van der Waals surface area contributed by atoms with Gasteiger partial charge >= 0.3 is 17.4 Å². The second kappa shape index (κ2) is 7.99. The number of aliphatic carboxylic acids is 1. The van der Waals surface area contributed by atoms with Gasteiger partial charge in [-0.15, -0.1) is 11.3 Å². The van der Waals surface area contributed by atoms with Gasteiger partial charge < -0.3 is 10.2 Å². The van der Waals surface area contributed by atoms with Crippen LogP contribution in [0.4, 0.5) is 22.0 Å². The number of carboxylic acids is 1. The number of carbonyl (C=O) groups excluding carboxylic acids is 1. The van der Waals surface area contributed by atoms with Gasteiger partial charge in [-0.05, 0) is 42.4 Å². The number of thiophene rings is 1. The van der Waals surface area contributed by atoms with Crippen molar-refractivity contribution in [2.45, 2.75) is 29.0 Å². The Balaban J connectivity index is 2.08. The van der Waals surface area contributed by atoms with E-state index < -0.39 is 45.7 Å². The summed E-state index contributed by atoms with van der Waals surface area (Å²) in [6, 6.07) is 3.42. The molecule has 2 aromatic heterocycles. The molecule has 0 amide bonds. The lowest BCUT2D eigenvalue weighted by Crippen LogP contribution is -2.32. The maximum atomic E-state index is 13.3. The van der Waals surface area contributed by atoms with Crippen LogP contribution >= 0.6 is 34.7 Å². The van der Waals surface area contributed by atoms with Gasteiger partial charge in [0.2, 0.25) is 0 Å². The van der Waals surface area contributed by atoms with Gasteiger partial charge in [-0.3, -0.25) is 14.2 Å². The van der Waals surface area contributed by atoms with Crippen LogP contribution in [0.25, 0.3) is 10.9 Å². The molecule has 2 N–H and O–H groups in total. The molecule has 0 saturated heterocycles. The molecule has 0 radical (unpaired) electrons. The topological polar surface area (TPSA) is 79.5 Å². The highest BCUT2D eigenvalue weighted by molar-refractivity contribution is 8.02. The summed E-state index contributed by atoms with van der Waals surface area (Å²) in [6.45, 7) is 1.43. The second-order valence-corrected chi connectivity index (χ2v) is 9.04. The lowest BCUT2D eigenvalue weighted by Gasteiger charge is -2.17. The van der Waals surface area contributed by atoms with E-state index in [9.17, 15) is 41.8 Å². The summed E-state index contributed by atoms with van der Waals surface area (Å²) in [5, 5.41) is 15.1. The summed E-state index contributed by atoms with van der Waals surface area (Å²) in [4.78, 5) is 24.3. The van der Waals surface area contributed by atoms with E-state index in [0.717, 1.165) is 16.0 Å². The van der Waals surface area contributed by atoms with E-state index in [1.165, 1.54) is 19.1 Å². The first-order valence-electron chi connectivity index (χ1n) is 8.24. The lowest BCUT2D eigenvalue weighted by molar-refractivity contribution is -0.237. The van der Waals surface area contributed by atoms with E-state index in [1.54, 1.807) is 0 Å². The van der Waals surface area contributed by atoms with Crippen molar-refractivity contribution in [1.29, 1.82) is 0 Å². The predicted molar refractivity (Wildman–Crippen MR) is 106 cm³/mol. The van der Waals surface area contributed by atoms with E-state index in [2.05, 4.69) is 0 Å². The highest BCUT2D eigenvalue weighted by Gasteiger charge is 2.58. The summed E-state index contributed by atoms with van der Waals surface area (Å²) < 4.78 is 64.5. The van der Waals surface area contributed by atoms with E-state index in [-0.39, 0.29) is 38.5 Å². The van der Waals surface area contributed by atoms with Gasteiger partial charge in [0, 0.05) is 16.5 Å². The number of aromatic hydroxyl groups is 1. The molecule has 0 fully saturated rings. The maximum absolute atomic E-state index is 13.3. The molecular formula is C18H11ClF5NO4S2. The molecule has 0 bridgehead atoms. The quantitative estimate of drug-likeness (QED) is 0.336. The zero-order valence-electron chi connectivity index (χ0n) is 15.3. The third kappa shape index (κ3) is 4.23. The Hall–Kier alpha value is -2.31. The average Bonchev–Trinajstić information content (AvgIpc) is 3.19. The smallest absolute Gasteiger partial charge is 0.464 e. The molecule has 2 heterocycles. The number of alkyl halides is 5. The molecule has 0 aliphatic rings. The summed E-state index contributed by atoms with van der Waals surface area (Å²) >= 11 is 5.93. The Morgan fingerprint density at radius 2 is 1.87 bits per heavy atom. The standard InChI is InChI=1S/C18H11ClF5NO4S2/c1-7-9(5-12(27)28)14-10(2-3-11(26)15(14)19)25(7)16(29)8-4-13(30-6-8)31-18(23,24)17(20,21)22/h2-4,6,26H,5H2,1H3,(H,27,28). The monoisotopic (exact) mass is 499 g/mol. The first-order valence-corrected chi connectivity index (χ1v) is 10.3. The lowest BCUT2D eigenvalue weighted by atomic mass is 10.1. The number of carboxylic acid groups (broad SMARTS) is 1. The molecule has 166 valence electrons. The molecule has 31 heavy (non-hydrogen) atoms. The molecule has 0 saturated carbocycles. The molecular weight excluding hydrogens is 489 g/mol. The number of benzene rings is 1. The fourth-order valence-corrected chi connectivity index (χ4v) is 5.04. The van der Waals surface area contributed by atoms with Crippen molar-refractivity contribution in [2.75, 3.05) is 0 Å². The number of rotatable bonds is 5. The highest BCUT2D eigenvalue weighted by atomic mass is 35.5. The van der Waals surface area contributed by atoms with Crippen LogP contribution < -0.4 is 0 Å². The molecule has 5 nitrogen and oxygen atoms in total. The number of hydrogen-bond donors (Lipinski definition) is 2. The number of phenolic OH excluding ortho intramolecular Hbond substituents is 1. The Morgan fingerprint density at radius 1 is 1.23 bits per heavy atom. The van der Waals surface area contributed by atoms with Crippen LogP contribution in [0.1, 0.15) is 21.6 Å². The van der Waals surface area contributed by atoms with Crippen LogP contribution in [-0.2, 0) is 11.2 Å². The van der Waals surface area contributed by atoms with E-state index in [4.69, 9.17) is 11.6 Å². The number of nitrogens with zero attached hydrogens (tertiary/aromatic N) is 1. The molecule has 0 aliphatic heterocycles. The van der Waals surface area contributed by atoms with Gasteiger partial charge in [0.15, 0.2) is 0 Å². The Morgan fingerprint density at radius 3 is 2.45 bits per heavy atom. The molecule has 13 heteroatoms. The van der Waals surface area contributed by atoms with Crippen LogP contribution in [-0.4, -0.2) is 38.1 Å². The van der Waals surface area contributed by atoms with Gasteiger partial charge in [0.1, 0.15) is 5.75 Å². The Kier molecular flexibility index (Phi) is 6.02. The van der Waals surface area contributed by atoms with E-state index in [0.29, 0.717) is 11.3 Å². The summed E-state index contributed by atoms with van der Waals surface area (Å²) in [5.74, 6) is -2.34. The summed E-state index contributed by atoms with van der Waals surface area (Å²) in [6.07, 6.45) is -6.28. The fourth-order valence-electron chi connectivity index (χ4n) is 2.95.